The summed E-state index contributed by atoms with van der Waals surface area (Å²) in [5.74, 6) is 0.604. The predicted molar refractivity (Wildman–Crippen MR) is 118 cm³/mol. The Morgan fingerprint density at radius 1 is 1.14 bits per heavy atom. The zero-order valence-electron chi connectivity index (χ0n) is 15.1. The summed E-state index contributed by atoms with van der Waals surface area (Å²) in [6.07, 6.45) is 0. The molecule has 0 fully saturated rings. The second-order valence-electron chi connectivity index (χ2n) is 6.25. The van der Waals surface area contributed by atoms with Crippen LogP contribution in [0.15, 0.2) is 58.4 Å². The number of nitrogen functional groups attached to an aromatic ring is 1. The SMILES string of the molecule is Cc1ccc(C(NC(=O)CSc2nc(N)c3ccsc3n2)c2cccs2)cc1. The first-order valence-electron chi connectivity index (χ1n) is 8.63. The molecule has 28 heavy (non-hydrogen) atoms. The molecule has 0 saturated heterocycles. The molecule has 142 valence electrons. The Labute approximate surface area is 175 Å². The molecule has 0 radical (unpaired) electrons. The summed E-state index contributed by atoms with van der Waals surface area (Å²) in [6, 6.07) is 14.0. The molecule has 0 saturated carbocycles. The lowest BCUT2D eigenvalue weighted by Gasteiger charge is -2.18. The van der Waals surface area contributed by atoms with Crippen molar-refractivity contribution in [2.75, 3.05) is 11.5 Å². The van der Waals surface area contributed by atoms with Crippen LogP contribution in [-0.2, 0) is 4.79 Å². The van der Waals surface area contributed by atoms with E-state index in [9.17, 15) is 4.79 Å². The van der Waals surface area contributed by atoms with Crippen LogP contribution in [0.2, 0.25) is 0 Å². The van der Waals surface area contributed by atoms with Crippen molar-refractivity contribution in [3.05, 3.63) is 69.2 Å². The summed E-state index contributed by atoms with van der Waals surface area (Å²) in [5.41, 5.74) is 8.24. The van der Waals surface area contributed by atoms with E-state index in [2.05, 4.69) is 46.5 Å². The Bertz CT molecular complexity index is 1090. The maximum absolute atomic E-state index is 12.6. The minimum Gasteiger partial charge on any atom is -0.383 e. The lowest BCUT2D eigenvalue weighted by Crippen LogP contribution is -2.30. The molecule has 0 aliphatic rings. The van der Waals surface area contributed by atoms with Gasteiger partial charge in [-0.05, 0) is 35.4 Å². The highest BCUT2D eigenvalue weighted by Crippen LogP contribution is 2.28. The number of nitrogens with zero attached hydrogens (tertiary/aromatic N) is 2. The number of hydrogen-bond acceptors (Lipinski definition) is 7. The Morgan fingerprint density at radius 2 is 1.96 bits per heavy atom. The van der Waals surface area contributed by atoms with Crippen molar-refractivity contribution in [3.63, 3.8) is 0 Å². The normalized spacial score (nSPS) is 12.2. The van der Waals surface area contributed by atoms with E-state index in [4.69, 9.17) is 5.73 Å². The molecule has 0 spiro atoms. The van der Waals surface area contributed by atoms with Crippen LogP contribution < -0.4 is 11.1 Å². The van der Waals surface area contributed by atoms with Crippen LogP contribution in [0.25, 0.3) is 10.2 Å². The Kier molecular flexibility index (Phi) is 5.61. The quantitative estimate of drug-likeness (QED) is 0.347. The first kappa shape index (κ1) is 18.9. The number of nitrogens with two attached hydrogens (primary N) is 1. The van der Waals surface area contributed by atoms with Crippen LogP contribution in [0.5, 0.6) is 0 Å². The molecular formula is C20H18N4OS3. The molecule has 3 heterocycles. The molecule has 1 atom stereocenters. The lowest BCUT2D eigenvalue weighted by molar-refractivity contribution is -0.119. The highest BCUT2D eigenvalue weighted by atomic mass is 32.2. The van der Waals surface area contributed by atoms with Crippen LogP contribution in [0.3, 0.4) is 0 Å². The van der Waals surface area contributed by atoms with E-state index in [1.807, 2.05) is 29.0 Å². The van der Waals surface area contributed by atoms with Crippen LogP contribution in [-0.4, -0.2) is 21.6 Å². The van der Waals surface area contributed by atoms with Crippen molar-refractivity contribution in [2.45, 2.75) is 18.1 Å². The zero-order valence-corrected chi connectivity index (χ0v) is 17.5. The Hall–Kier alpha value is -2.42. The fraction of sp³-hybridized carbons (Fsp3) is 0.150. The second kappa shape index (κ2) is 8.30. The van der Waals surface area contributed by atoms with Gasteiger partial charge in [-0.25, -0.2) is 9.97 Å². The van der Waals surface area contributed by atoms with Gasteiger partial charge in [0.25, 0.3) is 0 Å². The molecule has 0 aliphatic heterocycles. The van der Waals surface area contributed by atoms with E-state index in [0.717, 1.165) is 20.7 Å². The summed E-state index contributed by atoms with van der Waals surface area (Å²) >= 11 is 4.44. The number of aryl methyl sites for hydroxylation is 1. The predicted octanol–water partition coefficient (Wildman–Crippen LogP) is 4.64. The molecule has 0 aliphatic carbocycles. The van der Waals surface area contributed by atoms with Crippen LogP contribution in [0, 0.1) is 6.92 Å². The Morgan fingerprint density at radius 3 is 2.71 bits per heavy atom. The van der Waals surface area contributed by atoms with Gasteiger partial charge in [0.2, 0.25) is 5.91 Å². The summed E-state index contributed by atoms with van der Waals surface area (Å²) in [4.78, 5) is 23.4. The number of amides is 1. The number of rotatable bonds is 6. The Balaban J connectivity index is 1.47. The second-order valence-corrected chi connectivity index (χ2v) is 9.06. The van der Waals surface area contributed by atoms with Gasteiger partial charge in [-0.2, -0.15) is 0 Å². The minimum absolute atomic E-state index is 0.0718. The topological polar surface area (TPSA) is 80.9 Å². The van der Waals surface area contributed by atoms with E-state index in [1.165, 1.54) is 28.7 Å². The number of aromatic nitrogens is 2. The summed E-state index contributed by atoms with van der Waals surface area (Å²) < 4.78 is 0. The number of carbonyl (C=O) groups excluding carboxylic acids is 1. The van der Waals surface area contributed by atoms with Gasteiger partial charge in [-0.1, -0.05) is 47.7 Å². The summed E-state index contributed by atoms with van der Waals surface area (Å²) in [5, 5.41) is 8.47. The van der Waals surface area contributed by atoms with Gasteiger partial charge in [0.1, 0.15) is 10.6 Å². The smallest absolute Gasteiger partial charge is 0.231 e. The summed E-state index contributed by atoms with van der Waals surface area (Å²) in [6.45, 7) is 2.05. The average Bonchev–Trinajstić information content (AvgIpc) is 3.37. The molecule has 1 unspecified atom stereocenters. The van der Waals surface area contributed by atoms with E-state index < -0.39 is 0 Å². The first-order chi connectivity index (χ1) is 13.6. The van der Waals surface area contributed by atoms with Crippen molar-refractivity contribution in [3.8, 4) is 0 Å². The molecule has 8 heteroatoms. The van der Waals surface area contributed by atoms with Crippen LogP contribution >= 0.6 is 34.4 Å². The van der Waals surface area contributed by atoms with E-state index >= 15 is 0 Å². The number of carbonyl (C=O) groups is 1. The fourth-order valence-electron chi connectivity index (χ4n) is 2.79. The molecule has 1 amide bonds. The number of nitrogens with one attached hydrogen (secondary N) is 1. The standard InChI is InChI=1S/C20H18N4OS3/c1-12-4-6-13(7-5-12)17(15-3-2-9-26-15)22-16(25)11-28-20-23-18(21)14-8-10-27-19(14)24-20/h2-10,17H,11H2,1H3,(H,22,25)(H2,21,23,24). The molecule has 1 aromatic carbocycles. The van der Waals surface area contributed by atoms with E-state index in [1.54, 1.807) is 11.3 Å². The maximum Gasteiger partial charge on any atom is 0.231 e. The number of hydrogen-bond donors (Lipinski definition) is 2. The third-order valence-electron chi connectivity index (χ3n) is 4.21. The molecular weight excluding hydrogens is 408 g/mol. The van der Waals surface area contributed by atoms with Gasteiger partial charge in [0.15, 0.2) is 5.16 Å². The monoisotopic (exact) mass is 426 g/mol. The average molecular weight is 427 g/mol. The number of fused-ring (bicyclic) bond motifs is 1. The maximum atomic E-state index is 12.6. The lowest BCUT2D eigenvalue weighted by atomic mass is 10.0. The van der Waals surface area contributed by atoms with Crippen molar-refractivity contribution in [1.29, 1.82) is 0 Å². The third-order valence-corrected chi connectivity index (χ3v) is 6.80. The van der Waals surface area contributed by atoms with Crippen molar-refractivity contribution >= 4 is 56.4 Å². The largest absolute Gasteiger partial charge is 0.383 e. The molecule has 3 N–H and O–H groups in total. The number of benzene rings is 1. The van der Waals surface area contributed by atoms with Crippen LogP contribution in [0.1, 0.15) is 22.0 Å². The molecule has 3 aromatic heterocycles. The molecule has 0 bridgehead atoms. The molecule has 4 rings (SSSR count). The van der Waals surface area contributed by atoms with Gasteiger partial charge in [0.05, 0.1) is 17.2 Å². The van der Waals surface area contributed by atoms with Crippen molar-refractivity contribution in [2.24, 2.45) is 0 Å². The molecule has 4 aromatic rings. The summed E-state index contributed by atoms with van der Waals surface area (Å²) in [7, 11) is 0. The highest BCUT2D eigenvalue weighted by molar-refractivity contribution is 7.99. The van der Waals surface area contributed by atoms with E-state index in [0.29, 0.717) is 11.0 Å². The first-order valence-corrected chi connectivity index (χ1v) is 11.4. The van der Waals surface area contributed by atoms with Gasteiger partial charge in [-0.3, -0.25) is 4.79 Å². The van der Waals surface area contributed by atoms with Gasteiger partial charge in [0, 0.05) is 4.88 Å². The van der Waals surface area contributed by atoms with Gasteiger partial charge in [-0.15, -0.1) is 22.7 Å². The van der Waals surface area contributed by atoms with Crippen LogP contribution in [0.4, 0.5) is 5.82 Å². The fourth-order valence-corrected chi connectivity index (χ4v) is 5.08. The number of thiophene rings is 2. The highest BCUT2D eigenvalue weighted by Gasteiger charge is 2.18. The molecule has 5 nitrogen and oxygen atoms in total. The third kappa shape index (κ3) is 4.19. The van der Waals surface area contributed by atoms with Crippen molar-refractivity contribution < 1.29 is 4.79 Å². The van der Waals surface area contributed by atoms with E-state index in [-0.39, 0.29) is 17.7 Å². The minimum atomic E-state index is -0.167. The van der Waals surface area contributed by atoms with Gasteiger partial charge < -0.3 is 11.1 Å². The number of thioether (sulfide) groups is 1. The van der Waals surface area contributed by atoms with Crippen molar-refractivity contribution in [1.82, 2.24) is 15.3 Å². The zero-order chi connectivity index (χ0) is 19.5. The number of anilines is 1. The van der Waals surface area contributed by atoms with Gasteiger partial charge >= 0.3 is 0 Å².